The number of rotatable bonds is 4. The van der Waals surface area contributed by atoms with Gasteiger partial charge in [-0.3, -0.25) is 10.1 Å². The third kappa shape index (κ3) is 2.74. The Hall–Kier alpha value is -1.58. The van der Waals surface area contributed by atoms with E-state index in [-0.39, 0.29) is 5.69 Å². The fourth-order valence-corrected chi connectivity index (χ4v) is 0.970. The molecule has 0 aliphatic rings. The van der Waals surface area contributed by atoms with Gasteiger partial charge >= 0.3 is 0 Å². The quantitative estimate of drug-likeness (QED) is 0.571. The van der Waals surface area contributed by atoms with E-state index in [2.05, 4.69) is 12.2 Å². The minimum Gasteiger partial charge on any atom is -0.385 e. The van der Waals surface area contributed by atoms with Crippen molar-refractivity contribution in [3.63, 3.8) is 0 Å². The van der Waals surface area contributed by atoms with Gasteiger partial charge in [-0.1, -0.05) is 6.92 Å². The standard InChI is InChI=1S/C9H12N2O2/c1-2-7-10-8-3-5-9(6-4-8)11(12)13/h3-6,10H,2,7H2,1H3. The van der Waals surface area contributed by atoms with E-state index in [1.54, 1.807) is 12.1 Å². The van der Waals surface area contributed by atoms with Gasteiger partial charge in [0.2, 0.25) is 0 Å². The average molecular weight is 180 g/mol. The number of benzene rings is 1. The highest BCUT2D eigenvalue weighted by molar-refractivity contribution is 5.48. The van der Waals surface area contributed by atoms with Gasteiger partial charge in [0.15, 0.2) is 0 Å². The lowest BCUT2D eigenvalue weighted by molar-refractivity contribution is -0.384. The molecule has 0 heterocycles. The van der Waals surface area contributed by atoms with Crippen LogP contribution in [0.15, 0.2) is 24.3 Å². The summed E-state index contributed by atoms with van der Waals surface area (Å²) in [7, 11) is 0. The van der Waals surface area contributed by atoms with Crippen molar-refractivity contribution in [2.24, 2.45) is 0 Å². The first-order chi connectivity index (χ1) is 6.24. The summed E-state index contributed by atoms with van der Waals surface area (Å²) < 4.78 is 0. The number of hydrogen-bond donors (Lipinski definition) is 1. The summed E-state index contributed by atoms with van der Waals surface area (Å²) in [5, 5.41) is 13.4. The van der Waals surface area contributed by atoms with Crippen LogP contribution in [0.3, 0.4) is 0 Å². The smallest absolute Gasteiger partial charge is 0.269 e. The van der Waals surface area contributed by atoms with Crippen LogP contribution >= 0.6 is 0 Å². The van der Waals surface area contributed by atoms with Gasteiger partial charge in [0, 0.05) is 24.4 Å². The first kappa shape index (κ1) is 9.51. The molecule has 0 radical (unpaired) electrons. The van der Waals surface area contributed by atoms with Crippen molar-refractivity contribution < 1.29 is 4.92 Å². The van der Waals surface area contributed by atoms with Gasteiger partial charge in [0.1, 0.15) is 0 Å². The molecule has 0 atom stereocenters. The predicted molar refractivity (Wildman–Crippen MR) is 51.9 cm³/mol. The van der Waals surface area contributed by atoms with Crippen LogP contribution in [0.25, 0.3) is 0 Å². The number of anilines is 1. The molecule has 0 saturated carbocycles. The van der Waals surface area contributed by atoms with Crippen molar-refractivity contribution in [1.82, 2.24) is 0 Å². The SMILES string of the molecule is CCCNc1ccc([N+](=O)[O-])cc1. The Morgan fingerprint density at radius 2 is 2.00 bits per heavy atom. The molecule has 0 fully saturated rings. The Labute approximate surface area is 76.7 Å². The van der Waals surface area contributed by atoms with Crippen molar-refractivity contribution >= 4 is 11.4 Å². The highest BCUT2D eigenvalue weighted by atomic mass is 16.6. The molecule has 0 amide bonds. The molecular formula is C9H12N2O2. The zero-order valence-electron chi connectivity index (χ0n) is 7.49. The topological polar surface area (TPSA) is 55.2 Å². The lowest BCUT2D eigenvalue weighted by Crippen LogP contribution is -1.99. The van der Waals surface area contributed by atoms with Crippen LogP contribution in [0.1, 0.15) is 13.3 Å². The maximum atomic E-state index is 10.3. The second kappa shape index (κ2) is 4.45. The predicted octanol–water partition coefficient (Wildman–Crippen LogP) is 2.42. The molecule has 13 heavy (non-hydrogen) atoms. The molecule has 0 aliphatic heterocycles. The Morgan fingerprint density at radius 3 is 2.46 bits per heavy atom. The summed E-state index contributed by atoms with van der Waals surface area (Å²) >= 11 is 0. The zero-order chi connectivity index (χ0) is 9.68. The molecule has 1 N–H and O–H groups in total. The lowest BCUT2D eigenvalue weighted by Gasteiger charge is -2.02. The molecule has 4 nitrogen and oxygen atoms in total. The molecule has 0 spiro atoms. The largest absolute Gasteiger partial charge is 0.385 e. The summed E-state index contributed by atoms with van der Waals surface area (Å²) in [5.41, 5.74) is 1.05. The molecule has 4 heteroatoms. The van der Waals surface area contributed by atoms with Gasteiger partial charge in [0.25, 0.3) is 5.69 Å². The molecule has 1 rings (SSSR count). The van der Waals surface area contributed by atoms with E-state index in [0.717, 1.165) is 18.7 Å². The van der Waals surface area contributed by atoms with Crippen LogP contribution in [0, 0.1) is 10.1 Å². The molecule has 70 valence electrons. The van der Waals surface area contributed by atoms with Crippen molar-refractivity contribution in [3.05, 3.63) is 34.4 Å². The van der Waals surface area contributed by atoms with Crippen LogP contribution in [0.2, 0.25) is 0 Å². The second-order valence-electron chi connectivity index (χ2n) is 2.73. The summed E-state index contributed by atoms with van der Waals surface area (Å²) in [5.74, 6) is 0. The molecule has 1 aromatic rings. The Morgan fingerprint density at radius 1 is 1.38 bits per heavy atom. The number of hydrogen-bond acceptors (Lipinski definition) is 3. The molecule has 0 saturated heterocycles. The van der Waals surface area contributed by atoms with E-state index in [1.165, 1.54) is 12.1 Å². The Bertz CT molecular complexity index is 282. The fraction of sp³-hybridized carbons (Fsp3) is 0.333. The van der Waals surface area contributed by atoms with E-state index in [0.29, 0.717) is 0 Å². The maximum absolute atomic E-state index is 10.3. The summed E-state index contributed by atoms with van der Waals surface area (Å²) in [6, 6.07) is 6.43. The number of nitro benzene ring substituents is 1. The number of nitrogens with one attached hydrogen (secondary N) is 1. The lowest BCUT2D eigenvalue weighted by atomic mass is 10.3. The van der Waals surface area contributed by atoms with Crippen LogP contribution in [-0.2, 0) is 0 Å². The van der Waals surface area contributed by atoms with Crippen molar-refractivity contribution in [3.8, 4) is 0 Å². The minimum absolute atomic E-state index is 0.127. The maximum Gasteiger partial charge on any atom is 0.269 e. The monoisotopic (exact) mass is 180 g/mol. The molecule has 1 aromatic carbocycles. The average Bonchev–Trinajstić information content (AvgIpc) is 2.15. The highest BCUT2D eigenvalue weighted by Crippen LogP contribution is 2.14. The fourth-order valence-electron chi connectivity index (χ4n) is 0.970. The molecule has 0 unspecified atom stereocenters. The third-order valence-corrected chi connectivity index (χ3v) is 1.66. The van der Waals surface area contributed by atoms with Crippen LogP contribution in [0.4, 0.5) is 11.4 Å². The van der Waals surface area contributed by atoms with E-state index in [4.69, 9.17) is 0 Å². The van der Waals surface area contributed by atoms with Crippen LogP contribution in [-0.4, -0.2) is 11.5 Å². The van der Waals surface area contributed by atoms with Gasteiger partial charge in [-0.25, -0.2) is 0 Å². The van der Waals surface area contributed by atoms with Crippen molar-refractivity contribution in [2.45, 2.75) is 13.3 Å². The normalized spacial score (nSPS) is 9.62. The second-order valence-corrected chi connectivity index (χ2v) is 2.73. The van der Waals surface area contributed by atoms with E-state index >= 15 is 0 Å². The van der Waals surface area contributed by atoms with Gasteiger partial charge in [0.05, 0.1) is 4.92 Å². The van der Waals surface area contributed by atoms with E-state index in [9.17, 15) is 10.1 Å². The highest BCUT2D eigenvalue weighted by Gasteiger charge is 2.02. The van der Waals surface area contributed by atoms with Gasteiger partial charge < -0.3 is 5.32 Å². The number of non-ortho nitro benzene ring substituents is 1. The van der Waals surface area contributed by atoms with Crippen LogP contribution < -0.4 is 5.32 Å². The molecule has 0 bridgehead atoms. The van der Waals surface area contributed by atoms with Gasteiger partial charge in [-0.2, -0.15) is 0 Å². The Balaban J connectivity index is 2.64. The molecule has 0 aliphatic carbocycles. The molecular weight excluding hydrogens is 168 g/mol. The Kier molecular flexibility index (Phi) is 3.25. The first-order valence-corrected chi connectivity index (χ1v) is 4.22. The van der Waals surface area contributed by atoms with Gasteiger partial charge in [-0.15, -0.1) is 0 Å². The molecule has 0 aromatic heterocycles. The summed E-state index contributed by atoms with van der Waals surface area (Å²) in [6.45, 7) is 2.95. The van der Waals surface area contributed by atoms with E-state index < -0.39 is 4.92 Å². The van der Waals surface area contributed by atoms with E-state index in [1.807, 2.05) is 0 Å². The number of nitrogens with zero attached hydrogens (tertiary/aromatic N) is 1. The van der Waals surface area contributed by atoms with Crippen molar-refractivity contribution in [1.29, 1.82) is 0 Å². The first-order valence-electron chi connectivity index (χ1n) is 4.22. The van der Waals surface area contributed by atoms with Gasteiger partial charge in [-0.05, 0) is 18.6 Å². The summed E-state index contributed by atoms with van der Waals surface area (Å²) in [4.78, 5) is 9.91. The minimum atomic E-state index is -0.399. The third-order valence-electron chi connectivity index (χ3n) is 1.66. The summed E-state index contributed by atoms with van der Waals surface area (Å²) in [6.07, 6.45) is 1.04. The van der Waals surface area contributed by atoms with Crippen molar-refractivity contribution in [2.75, 3.05) is 11.9 Å². The number of nitro groups is 1. The zero-order valence-corrected chi connectivity index (χ0v) is 7.49. The van der Waals surface area contributed by atoms with Crippen LogP contribution in [0.5, 0.6) is 0 Å².